The Morgan fingerprint density at radius 2 is 1.81 bits per heavy atom. The Hall–Kier alpha value is -1.32. The summed E-state index contributed by atoms with van der Waals surface area (Å²) in [6.07, 6.45) is -0.532. The van der Waals surface area contributed by atoms with Gasteiger partial charge in [-0.15, -0.1) is 0 Å². The Balaban J connectivity index is 2.10. The van der Waals surface area contributed by atoms with Crippen LogP contribution in [0.2, 0.25) is 0 Å². The molecule has 0 amide bonds. The average molecular weight is 348 g/mol. The van der Waals surface area contributed by atoms with Gasteiger partial charge >= 0.3 is 0 Å². The minimum absolute atomic E-state index is 0.0737. The van der Waals surface area contributed by atoms with Gasteiger partial charge < -0.3 is 10.4 Å². The third-order valence-electron chi connectivity index (χ3n) is 3.45. The van der Waals surface area contributed by atoms with Gasteiger partial charge in [0, 0.05) is 16.7 Å². The SMILES string of the molecule is CC(C)(C)c1ccccc1NCC(O)c1cccc(Br)c1. The molecule has 0 fully saturated rings. The van der Waals surface area contributed by atoms with Gasteiger partial charge in [-0.3, -0.25) is 0 Å². The van der Waals surface area contributed by atoms with Crippen LogP contribution in [-0.2, 0) is 5.41 Å². The number of aliphatic hydroxyl groups is 1. The van der Waals surface area contributed by atoms with Crippen LogP contribution in [0.25, 0.3) is 0 Å². The number of hydrogen-bond donors (Lipinski definition) is 2. The maximum absolute atomic E-state index is 10.3. The third-order valence-corrected chi connectivity index (χ3v) is 3.95. The van der Waals surface area contributed by atoms with Crippen LogP contribution >= 0.6 is 15.9 Å². The second-order valence-corrected chi connectivity index (χ2v) is 7.16. The van der Waals surface area contributed by atoms with Gasteiger partial charge in [0.2, 0.25) is 0 Å². The van der Waals surface area contributed by atoms with Crippen molar-refractivity contribution < 1.29 is 5.11 Å². The number of para-hydroxylation sites is 1. The van der Waals surface area contributed by atoms with Crippen molar-refractivity contribution in [2.75, 3.05) is 11.9 Å². The van der Waals surface area contributed by atoms with E-state index in [-0.39, 0.29) is 5.41 Å². The van der Waals surface area contributed by atoms with Gasteiger partial charge in [0.15, 0.2) is 0 Å². The van der Waals surface area contributed by atoms with Crippen LogP contribution in [0.5, 0.6) is 0 Å². The summed E-state index contributed by atoms with van der Waals surface area (Å²) in [5, 5.41) is 13.7. The Morgan fingerprint density at radius 3 is 2.48 bits per heavy atom. The molecule has 21 heavy (non-hydrogen) atoms. The molecule has 2 N–H and O–H groups in total. The molecular weight excluding hydrogens is 326 g/mol. The fraction of sp³-hybridized carbons (Fsp3) is 0.333. The average Bonchev–Trinajstić information content (AvgIpc) is 2.44. The summed E-state index contributed by atoms with van der Waals surface area (Å²) in [5.41, 5.74) is 3.32. The zero-order valence-corrected chi connectivity index (χ0v) is 14.3. The molecule has 112 valence electrons. The molecule has 2 aromatic rings. The first kappa shape index (κ1) is 16.1. The summed E-state index contributed by atoms with van der Waals surface area (Å²) < 4.78 is 0.981. The van der Waals surface area contributed by atoms with Crippen molar-refractivity contribution in [2.45, 2.75) is 32.3 Å². The van der Waals surface area contributed by atoms with E-state index in [0.29, 0.717) is 6.54 Å². The van der Waals surface area contributed by atoms with E-state index in [9.17, 15) is 5.11 Å². The smallest absolute Gasteiger partial charge is 0.0962 e. The molecule has 1 atom stereocenters. The van der Waals surface area contributed by atoms with Crippen LogP contribution in [-0.4, -0.2) is 11.7 Å². The van der Waals surface area contributed by atoms with Gasteiger partial charge in [0.1, 0.15) is 0 Å². The van der Waals surface area contributed by atoms with E-state index in [4.69, 9.17) is 0 Å². The molecular formula is C18H22BrNO. The number of anilines is 1. The quantitative estimate of drug-likeness (QED) is 0.824. The molecule has 0 aliphatic rings. The van der Waals surface area contributed by atoms with E-state index < -0.39 is 6.10 Å². The lowest BCUT2D eigenvalue weighted by molar-refractivity contribution is 0.191. The van der Waals surface area contributed by atoms with Crippen LogP contribution in [0, 0.1) is 0 Å². The topological polar surface area (TPSA) is 32.3 Å². The molecule has 0 spiro atoms. The summed E-state index contributed by atoms with van der Waals surface area (Å²) in [5.74, 6) is 0. The van der Waals surface area contributed by atoms with E-state index >= 15 is 0 Å². The maximum atomic E-state index is 10.3. The fourth-order valence-corrected chi connectivity index (χ4v) is 2.75. The fourth-order valence-electron chi connectivity index (χ4n) is 2.33. The highest BCUT2D eigenvalue weighted by Crippen LogP contribution is 2.29. The van der Waals surface area contributed by atoms with Crippen LogP contribution < -0.4 is 5.32 Å². The monoisotopic (exact) mass is 347 g/mol. The minimum atomic E-state index is -0.532. The predicted molar refractivity (Wildman–Crippen MR) is 92.7 cm³/mol. The summed E-state index contributed by atoms with van der Waals surface area (Å²) in [6, 6.07) is 16.0. The van der Waals surface area contributed by atoms with Crippen LogP contribution in [0.4, 0.5) is 5.69 Å². The minimum Gasteiger partial charge on any atom is -0.387 e. The molecule has 2 nitrogen and oxygen atoms in total. The molecule has 2 rings (SSSR count). The van der Waals surface area contributed by atoms with Gasteiger partial charge in [-0.05, 0) is 34.7 Å². The summed E-state index contributed by atoms with van der Waals surface area (Å²) in [7, 11) is 0. The van der Waals surface area contributed by atoms with Gasteiger partial charge in [0.05, 0.1) is 6.10 Å². The highest BCUT2D eigenvalue weighted by atomic mass is 79.9. The molecule has 0 saturated heterocycles. The van der Waals surface area contributed by atoms with E-state index in [0.717, 1.165) is 15.7 Å². The first-order valence-corrected chi connectivity index (χ1v) is 7.94. The third kappa shape index (κ3) is 4.32. The van der Waals surface area contributed by atoms with Crippen molar-refractivity contribution >= 4 is 21.6 Å². The van der Waals surface area contributed by atoms with E-state index in [2.05, 4.69) is 60.2 Å². The Kier molecular flexibility index (Phi) is 5.07. The molecule has 1 unspecified atom stereocenters. The summed E-state index contributed by atoms with van der Waals surface area (Å²) >= 11 is 3.43. The van der Waals surface area contributed by atoms with Crippen molar-refractivity contribution in [1.82, 2.24) is 0 Å². The molecule has 2 aromatic carbocycles. The van der Waals surface area contributed by atoms with Gasteiger partial charge in [-0.2, -0.15) is 0 Å². The number of halogens is 1. The second-order valence-electron chi connectivity index (χ2n) is 6.25. The number of hydrogen-bond acceptors (Lipinski definition) is 2. The molecule has 0 heterocycles. The van der Waals surface area contributed by atoms with E-state index in [1.54, 1.807) is 0 Å². The van der Waals surface area contributed by atoms with Crippen LogP contribution in [0.15, 0.2) is 53.0 Å². The molecule has 0 aliphatic heterocycles. The lowest BCUT2D eigenvalue weighted by atomic mass is 9.86. The first-order chi connectivity index (χ1) is 9.88. The molecule has 0 saturated carbocycles. The summed E-state index contributed by atoms with van der Waals surface area (Å²) in [6.45, 7) is 7.07. The molecule has 0 aliphatic carbocycles. The Bertz CT molecular complexity index is 604. The highest BCUT2D eigenvalue weighted by molar-refractivity contribution is 9.10. The van der Waals surface area contributed by atoms with E-state index in [1.807, 2.05) is 30.3 Å². The molecule has 0 radical (unpaired) electrons. The van der Waals surface area contributed by atoms with Crippen LogP contribution in [0.1, 0.15) is 38.0 Å². The number of nitrogens with one attached hydrogen (secondary N) is 1. The van der Waals surface area contributed by atoms with Crippen molar-refractivity contribution in [1.29, 1.82) is 0 Å². The van der Waals surface area contributed by atoms with Gasteiger partial charge in [0.25, 0.3) is 0 Å². The van der Waals surface area contributed by atoms with Crippen molar-refractivity contribution in [2.24, 2.45) is 0 Å². The standard InChI is InChI=1S/C18H22BrNO/c1-18(2,3)15-9-4-5-10-16(15)20-12-17(21)13-7-6-8-14(19)11-13/h4-11,17,20-21H,12H2,1-3H3. The maximum Gasteiger partial charge on any atom is 0.0962 e. The number of rotatable bonds is 4. The summed E-state index contributed by atoms with van der Waals surface area (Å²) in [4.78, 5) is 0. The van der Waals surface area contributed by atoms with Crippen molar-refractivity contribution in [3.63, 3.8) is 0 Å². The normalized spacial score (nSPS) is 13.0. The number of benzene rings is 2. The molecule has 0 bridgehead atoms. The first-order valence-electron chi connectivity index (χ1n) is 7.15. The van der Waals surface area contributed by atoms with Gasteiger partial charge in [-0.1, -0.05) is 67.0 Å². The predicted octanol–water partition coefficient (Wildman–Crippen LogP) is 4.89. The lowest BCUT2D eigenvalue weighted by Crippen LogP contribution is -2.18. The Labute approximate surface area is 135 Å². The van der Waals surface area contributed by atoms with Crippen LogP contribution in [0.3, 0.4) is 0 Å². The molecule has 3 heteroatoms. The van der Waals surface area contributed by atoms with E-state index in [1.165, 1.54) is 5.56 Å². The zero-order chi connectivity index (χ0) is 15.5. The highest BCUT2D eigenvalue weighted by Gasteiger charge is 2.18. The van der Waals surface area contributed by atoms with Crippen molar-refractivity contribution in [3.8, 4) is 0 Å². The second kappa shape index (κ2) is 6.63. The Morgan fingerprint density at radius 1 is 1.10 bits per heavy atom. The lowest BCUT2D eigenvalue weighted by Gasteiger charge is -2.24. The zero-order valence-electron chi connectivity index (χ0n) is 12.7. The largest absolute Gasteiger partial charge is 0.387 e. The van der Waals surface area contributed by atoms with Gasteiger partial charge in [-0.25, -0.2) is 0 Å². The molecule has 0 aromatic heterocycles. The number of aliphatic hydroxyl groups excluding tert-OH is 1. The van der Waals surface area contributed by atoms with Crippen molar-refractivity contribution in [3.05, 3.63) is 64.1 Å².